The van der Waals surface area contributed by atoms with E-state index >= 15 is 0 Å². The van der Waals surface area contributed by atoms with Crippen LogP contribution in [0.4, 0.5) is 17.6 Å². The van der Waals surface area contributed by atoms with Gasteiger partial charge in [0.15, 0.2) is 0 Å². The number of fused-ring (bicyclic) bond motifs is 1. The number of pyridine rings is 1. The van der Waals surface area contributed by atoms with Crippen LogP contribution < -0.4 is 14.7 Å². The van der Waals surface area contributed by atoms with Gasteiger partial charge in [0.05, 0.1) is 5.56 Å². The Morgan fingerprint density at radius 3 is 2.43 bits per heavy atom. The maximum Gasteiger partial charge on any atom is 0.227 e. The Balaban J connectivity index is 1.31. The lowest BCUT2D eigenvalue weighted by Crippen LogP contribution is -2.47. The third-order valence-electron chi connectivity index (χ3n) is 6.07. The molecule has 0 spiro atoms. The molecule has 2 fully saturated rings. The Kier molecular flexibility index (Phi) is 4.47. The van der Waals surface area contributed by atoms with Crippen molar-refractivity contribution in [1.82, 2.24) is 15.0 Å². The first-order valence-electron chi connectivity index (χ1n) is 10.3. The normalized spacial score (nSPS) is 19.0. The zero-order valence-electron chi connectivity index (χ0n) is 16.1. The van der Waals surface area contributed by atoms with Gasteiger partial charge in [-0.25, -0.2) is 9.97 Å². The monoisotopic (exact) mass is 375 g/mol. The van der Waals surface area contributed by atoms with Crippen molar-refractivity contribution in [2.75, 3.05) is 54.0 Å². The highest BCUT2D eigenvalue weighted by atomic mass is 15.3. The van der Waals surface area contributed by atoms with Gasteiger partial charge >= 0.3 is 0 Å². The quantitative estimate of drug-likeness (QED) is 0.814. The van der Waals surface area contributed by atoms with Crippen LogP contribution in [0.2, 0.25) is 0 Å². The summed E-state index contributed by atoms with van der Waals surface area (Å²) in [5.41, 5.74) is 3.14. The minimum absolute atomic E-state index is 0.710. The molecule has 0 N–H and O–H groups in total. The van der Waals surface area contributed by atoms with E-state index in [4.69, 9.17) is 9.97 Å². The molecule has 0 atom stereocenters. The Labute approximate surface area is 165 Å². The van der Waals surface area contributed by atoms with E-state index in [0.29, 0.717) is 5.56 Å². The van der Waals surface area contributed by atoms with E-state index in [9.17, 15) is 5.26 Å². The van der Waals surface area contributed by atoms with Crippen molar-refractivity contribution < 1.29 is 0 Å². The second kappa shape index (κ2) is 7.27. The zero-order valence-corrected chi connectivity index (χ0v) is 16.1. The Hall–Kier alpha value is -2.88. The molecule has 144 valence electrons. The molecular formula is C21H25N7. The molecule has 2 aromatic rings. The van der Waals surface area contributed by atoms with Crippen molar-refractivity contribution in [3.8, 4) is 6.07 Å². The number of rotatable bonds is 3. The maximum atomic E-state index is 9.59. The van der Waals surface area contributed by atoms with Crippen LogP contribution >= 0.6 is 0 Å². The average molecular weight is 375 g/mol. The standard InChI is InChI=1S/C21H25N7/c22-15-17-14-16-4-3-5-18(16)24-20(17)27-10-12-28(13-11-27)21-23-7-6-19(25-21)26-8-1-2-9-26/h6-7,14H,1-5,8-13H2. The second-order valence-corrected chi connectivity index (χ2v) is 7.81. The molecule has 7 nitrogen and oxygen atoms in total. The number of nitrogens with zero attached hydrogens (tertiary/aromatic N) is 7. The van der Waals surface area contributed by atoms with E-state index in [1.807, 2.05) is 12.3 Å². The number of aryl methyl sites for hydroxylation is 2. The van der Waals surface area contributed by atoms with E-state index in [-0.39, 0.29) is 0 Å². The summed E-state index contributed by atoms with van der Waals surface area (Å²) >= 11 is 0. The van der Waals surface area contributed by atoms with Crippen LogP contribution in [-0.4, -0.2) is 54.2 Å². The molecule has 1 aliphatic carbocycles. The average Bonchev–Trinajstić information content (AvgIpc) is 3.44. The Morgan fingerprint density at radius 1 is 0.857 bits per heavy atom. The van der Waals surface area contributed by atoms with Gasteiger partial charge in [0.1, 0.15) is 17.7 Å². The molecule has 2 aliphatic heterocycles. The van der Waals surface area contributed by atoms with E-state index in [0.717, 1.165) is 76.1 Å². The summed E-state index contributed by atoms with van der Waals surface area (Å²) < 4.78 is 0. The SMILES string of the molecule is N#Cc1cc2c(nc1N1CCN(c3nccc(N4CCCC4)n3)CC1)CCC2. The van der Waals surface area contributed by atoms with Gasteiger partial charge in [0.25, 0.3) is 0 Å². The third-order valence-corrected chi connectivity index (χ3v) is 6.07. The summed E-state index contributed by atoms with van der Waals surface area (Å²) in [5, 5.41) is 9.59. The molecule has 2 saturated heterocycles. The van der Waals surface area contributed by atoms with Crippen LogP contribution in [-0.2, 0) is 12.8 Å². The highest BCUT2D eigenvalue weighted by Gasteiger charge is 2.25. The van der Waals surface area contributed by atoms with Crippen molar-refractivity contribution in [2.45, 2.75) is 32.1 Å². The number of piperazine rings is 1. The molecule has 0 bridgehead atoms. The molecule has 0 aromatic carbocycles. The van der Waals surface area contributed by atoms with Crippen LogP contribution in [0.3, 0.4) is 0 Å². The molecule has 7 heteroatoms. The van der Waals surface area contributed by atoms with Gasteiger partial charge in [-0.1, -0.05) is 0 Å². The van der Waals surface area contributed by atoms with E-state index in [1.54, 1.807) is 0 Å². The van der Waals surface area contributed by atoms with Crippen molar-refractivity contribution in [3.05, 3.63) is 35.2 Å². The highest BCUT2D eigenvalue weighted by molar-refractivity contribution is 5.58. The first-order valence-corrected chi connectivity index (χ1v) is 10.3. The van der Waals surface area contributed by atoms with Crippen LogP contribution in [0.25, 0.3) is 0 Å². The molecule has 28 heavy (non-hydrogen) atoms. The lowest BCUT2D eigenvalue weighted by atomic mass is 10.1. The summed E-state index contributed by atoms with van der Waals surface area (Å²) in [6, 6.07) is 6.42. The molecule has 5 rings (SSSR count). The summed E-state index contributed by atoms with van der Waals surface area (Å²) in [6.07, 6.45) is 7.59. The zero-order chi connectivity index (χ0) is 18.9. The largest absolute Gasteiger partial charge is 0.356 e. The summed E-state index contributed by atoms with van der Waals surface area (Å²) in [6.45, 7) is 5.52. The topological polar surface area (TPSA) is 72.2 Å². The van der Waals surface area contributed by atoms with Gasteiger partial charge in [0.2, 0.25) is 5.95 Å². The van der Waals surface area contributed by atoms with E-state index in [2.05, 4.69) is 31.8 Å². The summed E-state index contributed by atoms with van der Waals surface area (Å²) in [7, 11) is 0. The molecule has 4 heterocycles. The number of hydrogen-bond acceptors (Lipinski definition) is 7. The lowest BCUT2D eigenvalue weighted by molar-refractivity contribution is 0.632. The minimum Gasteiger partial charge on any atom is -0.356 e. The molecular weight excluding hydrogens is 350 g/mol. The summed E-state index contributed by atoms with van der Waals surface area (Å²) in [4.78, 5) is 21.0. The van der Waals surface area contributed by atoms with Crippen LogP contribution in [0, 0.1) is 11.3 Å². The minimum atomic E-state index is 0.710. The Bertz CT molecular complexity index is 905. The first kappa shape index (κ1) is 17.2. The van der Waals surface area contributed by atoms with E-state index in [1.165, 1.54) is 24.1 Å². The van der Waals surface area contributed by atoms with Crippen molar-refractivity contribution in [1.29, 1.82) is 5.26 Å². The third kappa shape index (κ3) is 3.13. The van der Waals surface area contributed by atoms with Crippen molar-refractivity contribution in [2.24, 2.45) is 0 Å². The Morgan fingerprint density at radius 2 is 1.64 bits per heavy atom. The fraction of sp³-hybridized carbons (Fsp3) is 0.524. The van der Waals surface area contributed by atoms with Crippen molar-refractivity contribution >= 4 is 17.6 Å². The molecule has 0 radical (unpaired) electrons. The molecule has 0 amide bonds. The highest BCUT2D eigenvalue weighted by Crippen LogP contribution is 2.28. The van der Waals surface area contributed by atoms with Gasteiger partial charge in [-0.3, -0.25) is 0 Å². The lowest BCUT2D eigenvalue weighted by Gasteiger charge is -2.36. The number of nitriles is 1. The predicted molar refractivity (Wildman–Crippen MR) is 109 cm³/mol. The van der Waals surface area contributed by atoms with Gasteiger partial charge in [0, 0.05) is 51.2 Å². The van der Waals surface area contributed by atoms with Crippen LogP contribution in [0.5, 0.6) is 0 Å². The van der Waals surface area contributed by atoms with Crippen molar-refractivity contribution in [3.63, 3.8) is 0 Å². The first-order chi connectivity index (χ1) is 13.8. The fourth-order valence-electron chi connectivity index (χ4n) is 4.52. The molecule has 3 aliphatic rings. The van der Waals surface area contributed by atoms with Gasteiger partial charge in [-0.2, -0.15) is 10.2 Å². The fourth-order valence-corrected chi connectivity index (χ4v) is 4.52. The van der Waals surface area contributed by atoms with Gasteiger partial charge in [-0.05, 0) is 49.8 Å². The van der Waals surface area contributed by atoms with Crippen LogP contribution in [0.1, 0.15) is 36.1 Å². The van der Waals surface area contributed by atoms with Gasteiger partial charge in [-0.15, -0.1) is 0 Å². The predicted octanol–water partition coefficient (Wildman–Crippen LogP) is 2.16. The number of hydrogen-bond donors (Lipinski definition) is 0. The smallest absolute Gasteiger partial charge is 0.227 e. The molecule has 2 aromatic heterocycles. The molecule has 0 unspecified atom stereocenters. The van der Waals surface area contributed by atoms with Crippen LogP contribution in [0.15, 0.2) is 18.3 Å². The van der Waals surface area contributed by atoms with Gasteiger partial charge < -0.3 is 14.7 Å². The second-order valence-electron chi connectivity index (χ2n) is 7.81. The maximum absolute atomic E-state index is 9.59. The molecule has 0 saturated carbocycles. The number of anilines is 3. The van der Waals surface area contributed by atoms with E-state index < -0.39 is 0 Å². The summed E-state index contributed by atoms with van der Waals surface area (Å²) in [5.74, 6) is 2.71. The number of aromatic nitrogens is 3.